The van der Waals surface area contributed by atoms with Crippen LogP contribution in [0.25, 0.3) is 0 Å². The number of nitrogens with zero attached hydrogens (tertiary/aromatic N) is 2. The van der Waals surface area contributed by atoms with Gasteiger partial charge in [0.05, 0.1) is 18.3 Å². The average molecular weight is 431 g/mol. The number of primary amides is 1. The highest BCUT2D eigenvalue weighted by molar-refractivity contribution is 7.09. The molecule has 0 spiro atoms. The van der Waals surface area contributed by atoms with Crippen LogP contribution in [0.1, 0.15) is 21.8 Å². The van der Waals surface area contributed by atoms with Gasteiger partial charge in [0.1, 0.15) is 17.8 Å². The summed E-state index contributed by atoms with van der Waals surface area (Å²) < 4.78 is 0. The molecule has 3 rings (SSSR count). The second-order valence-electron chi connectivity index (χ2n) is 6.76. The van der Waals surface area contributed by atoms with Crippen LogP contribution in [0.4, 0.5) is 0 Å². The van der Waals surface area contributed by atoms with Crippen LogP contribution in [0.3, 0.4) is 0 Å². The summed E-state index contributed by atoms with van der Waals surface area (Å²) >= 11 is 1.43. The molecule has 0 aromatic carbocycles. The van der Waals surface area contributed by atoms with Gasteiger partial charge in [0.15, 0.2) is 0 Å². The largest absolute Gasteiger partial charge is 0.390 e. The number of hydrogen-bond donors (Lipinski definition) is 5. The fraction of sp³-hybridized carbons (Fsp3) is 0.316. The molecule has 2 heterocycles. The molecule has 1 aliphatic carbocycles. The van der Waals surface area contributed by atoms with Gasteiger partial charge in [-0.25, -0.2) is 4.98 Å². The summed E-state index contributed by atoms with van der Waals surface area (Å²) in [5.41, 5.74) is 5.55. The summed E-state index contributed by atoms with van der Waals surface area (Å²) in [6.45, 7) is 0. The molecule has 11 heteroatoms. The number of carbonyl (C=O) groups is 3. The van der Waals surface area contributed by atoms with Crippen molar-refractivity contribution in [3.63, 3.8) is 0 Å². The van der Waals surface area contributed by atoms with Gasteiger partial charge in [0, 0.05) is 35.7 Å². The third-order valence-corrected chi connectivity index (χ3v) is 5.49. The summed E-state index contributed by atoms with van der Waals surface area (Å²) in [6, 6.07) is 1.68. The molecule has 4 unspecified atom stereocenters. The molecular formula is C19H21N5O5S. The van der Waals surface area contributed by atoms with Crippen molar-refractivity contribution in [3.05, 3.63) is 58.3 Å². The highest BCUT2D eigenvalue weighted by Crippen LogP contribution is 2.21. The molecule has 4 atom stereocenters. The predicted molar refractivity (Wildman–Crippen MR) is 107 cm³/mol. The molecule has 10 nitrogen and oxygen atoms in total. The number of aromatic nitrogens is 2. The van der Waals surface area contributed by atoms with E-state index in [9.17, 15) is 24.6 Å². The SMILES string of the molecule is NC(=O)C(Cc1cccs1)NC(=O)C1=CC(NC(=O)c2cnccn2)C(O)C(O)C1. The number of carbonyl (C=O) groups excluding carboxylic acids is 3. The van der Waals surface area contributed by atoms with Crippen LogP contribution in [-0.4, -0.2) is 62.2 Å². The third-order valence-electron chi connectivity index (χ3n) is 4.59. The Morgan fingerprint density at radius 2 is 2.07 bits per heavy atom. The molecule has 158 valence electrons. The number of rotatable bonds is 7. The van der Waals surface area contributed by atoms with Gasteiger partial charge in [-0.1, -0.05) is 12.1 Å². The summed E-state index contributed by atoms with van der Waals surface area (Å²) in [7, 11) is 0. The van der Waals surface area contributed by atoms with Crippen LogP contribution in [0, 0.1) is 0 Å². The number of nitrogens with two attached hydrogens (primary N) is 1. The molecule has 0 saturated carbocycles. The molecule has 0 saturated heterocycles. The lowest BCUT2D eigenvalue weighted by Gasteiger charge is -2.31. The fourth-order valence-corrected chi connectivity index (χ4v) is 3.76. The second kappa shape index (κ2) is 9.57. The first-order chi connectivity index (χ1) is 14.3. The smallest absolute Gasteiger partial charge is 0.272 e. The predicted octanol–water partition coefficient (Wildman–Crippen LogP) is -1.10. The Morgan fingerprint density at radius 1 is 1.27 bits per heavy atom. The van der Waals surface area contributed by atoms with Gasteiger partial charge in [-0.3, -0.25) is 19.4 Å². The number of thiophene rings is 1. The number of amides is 3. The van der Waals surface area contributed by atoms with E-state index in [0.29, 0.717) is 0 Å². The standard InChI is InChI=1S/C19H21N5O5S/c20-17(27)13(8-11-2-1-5-30-11)24-18(28)10-6-12(16(26)15(25)7-10)23-19(29)14-9-21-3-4-22-14/h1-6,9,12-13,15-16,25-26H,7-8H2,(H2,20,27)(H,23,29)(H,24,28). The Bertz CT molecular complexity index is 934. The zero-order chi connectivity index (χ0) is 21.7. The van der Waals surface area contributed by atoms with Crippen molar-refractivity contribution in [2.75, 3.05) is 0 Å². The van der Waals surface area contributed by atoms with E-state index in [4.69, 9.17) is 5.73 Å². The van der Waals surface area contributed by atoms with E-state index in [1.165, 1.54) is 36.0 Å². The fourth-order valence-electron chi connectivity index (χ4n) is 3.01. The maximum atomic E-state index is 12.7. The van der Waals surface area contributed by atoms with Crippen LogP contribution < -0.4 is 16.4 Å². The summed E-state index contributed by atoms with van der Waals surface area (Å²) in [5, 5.41) is 27.3. The zero-order valence-corrected chi connectivity index (χ0v) is 16.6. The van der Waals surface area contributed by atoms with Gasteiger partial charge in [0.25, 0.3) is 5.91 Å². The normalized spacial score (nSPS) is 21.9. The second-order valence-corrected chi connectivity index (χ2v) is 7.79. The molecule has 30 heavy (non-hydrogen) atoms. The first kappa shape index (κ1) is 21.6. The van der Waals surface area contributed by atoms with Gasteiger partial charge in [0.2, 0.25) is 11.8 Å². The van der Waals surface area contributed by atoms with Gasteiger partial charge in [-0.2, -0.15) is 0 Å². The average Bonchev–Trinajstić information content (AvgIpc) is 3.24. The highest BCUT2D eigenvalue weighted by Gasteiger charge is 2.34. The van der Waals surface area contributed by atoms with Crippen molar-refractivity contribution in [2.24, 2.45) is 5.73 Å². The van der Waals surface area contributed by atoms with E-state index in [-0.39, 0.29) is 24.1 Å². The molecule has 0 aliphatic heterocycles. The molecule has 0 radical (unpaired) electrons. The number of aliphatic hydroxyl groups excluding tert-OH is 2. The topological polar surface area (TPSA) is 168 Å². The van der Waals surface area contributed by atoms with E-state index in [2.05, 4.69) is 20.6 Å². The van der Waals surface area contributed by atoms with E-state index in [1.54, 1.807) is 0 Å². The summed E-state index contributed by atoms with van der Waals surface area (Å²) in [6.07, 6.45) is 2.84. The summed E-state index contributed by atoms with van der Waals surface area (Å²) in [4.78, 5) is 45.3. The maximum Gasteiger partial charge on any atom is 0.272 e. The molecule has 0 bridgehead atoms. The lowest BCUT2D eigenvalue weighted by molar-refractivity contribution is -0.125. The van der Waals surface area contributed by atoms with Gasteiger partial charge < -0.3 is 26.6 Å². The Hall–Kier alpha value is -3.15. The monoisotopic (exact) mass is 431 g/mol. The maximum absolute atomic E-state index is 12.7. The minimum atomic E-state index is -1.32. The van der Waals surface area contributed by atoms with Crippen LogP contribution in [0.15, 0.2) is 47.8 Å². The Labute approximate surface area is 175 Å². The summed E-state index contributed by atoms with van der Waals surface area (Å²) in [5.74, 6) is -1.92. The van der Waals surface area contributed by atoms with E-state index in [1.807, 2.05) is 17.5 Å². The number of nitrogens with one attached hydrogen (secondary N) is 2. The molecule has 2 aromatic heterocycles. The quantitative estimate of drug-likeness (QED) is 0.371. The van der Waals surface area contributed by atoms with Crippen LogP contribution >= 0.6 is 11.3 Å². The first-order valence-electron chi connectivity index (χ1n) is 9.11. The van der Waals surface area contributed by atoms with Crippen LogP contribution in [0.2, 0.25) is 0 Å². The molecule has 0 fully saturated rings. The Kier molecular flexibility index (Phi) is 6.87. The van der Waals surface area contributed by atoms with Crippen molar-refractivity contribution in [1.82, 2.24) is 20.6 Å². The van der Waals surface area contributed by atoms with Crippen molar-refractivity contribution in [3.8, 4) is 0 Å². The van der Waals surface area contributed by atoms with Crippen LogP contribution in [-0.2, 0) is 16.0 Å². The van der Waals surface area contributed by atoms with Crippen molar-refractivity contribution >= 4 is 29.1 Å². The van der Waals surface area contributed by atoms with Crippen molar-refractivity contribution in [2.45, 2.75) is 37.1 Å². The number of aliphatic hydroxyl groups is 2. The van der Waals surface area contributed by atoms with E-state index in [0.717, 1.165) is 4.88 Å². The van der Waals surface area contributed by atoms with E-state index < -0.39 is 42.0 Å². The zero-order valence-electron chi connectivity index (χ0n) is 15.8. The minimum Gasteiger partial charge on any atom is -0.390 e. The first-order valence-corrected chi connectivity index (χ1v) is 9.99. The molecule has 2 aromatic rings. The van der Waals surface area contributed by atoms with Crippen molar-refractivity contribution in [1.29, 1.82) is 0 Å². The third kappa shape index (κ3) is 5.26. The Morgan fingerprint density at radius 3 is 2.70 bits per heavy atom. The van der Waals surface area contributed by atoms with Gasteiger partial charge in [-0.05, 0) is 11.4 Å². The minimum absolute atomic E-state index is 0.0221. The molecular weight excluding hydrogens is 410 g/mol. The lowest BCUT2D eigenvalue weighted by Crippen LogP contribution is -2.52. The molecule has 6 N–H and O–H groups in total. The van der Waals surface area contributed by atoms with E-state index >= 15 is 0 Å². The molecule has 3 amide bonds. The van der Waals surface area contributed by atoms with Crippen molar-refractivity contribution < 1.29 is 24.6 Å². The van der Waals surface area contributed by atoms with Crippen LogP contribution in [0.5, 0.6) is 0 Å². The highest BCUT2D eigenvalue weighted by atomic mass is 32.1. The number of hydrogen-bond acceptors (Lipinski definition) is 8. The molecule has 1 aliphatic rings. The van der Waals surface area contributed by atoms with Gasteiger partial charge >= 0.3 is 0 Å². The Balaban J connectivity index is 1.72. The van der Waals surface area contributed by atoms with Gasteiger partial charge in [-0.15, -0.1) is 11.3 Å². The lowest BCUT2D eigenvalue weighted by atomic mass is 9.89.